The van der Waals surface area contributed by atoms with E-state index in [-0.39, 0.29) is 19.0 Å². The SMILES string of the molecule is CC(C)CC(NC(=O)CN1CC(=O)NC1=O)C(=O)O. The van der Waals surface area contributed by atoms with Crippen molar-refractivity contribution in [2.24, 2.45) is 5.92 Å². The average molecular weight is 271 g/mol. The smallest absolute Gasteiger partial charge is 0.326 e. The van der Waals surface area contributed by atoms with Gasteiger partial charge in [0.15, 0.2) is 0 Å². The van der Waals surface area contributed by atoms with Gasteiger partial charge in [-0.2, -0.15) is 0 Å². The van der Waals surface area contributed by atoms with E-state index in [1.54, 1.807) is 0 Å². The number of rotatable bonds is 6. The van der Waals surface area contributed by atoms with Gasteiger partial charge >= 0.3 is 12.0 Å². The molecular weight excluding hydrogens is 254 g/mol. The Morgan fingerprint density at radius 2 is 2.05 bits per heavy atom. The van der Waals surface area contributed by atoms with Gasteiger partial charge in [0.1, 0.15) is 19.1 Å². The maximum Gasteiger partial charge on any atom is 0.326 e. The Bertz CT molecular complexity index is 407. The topological polar surface area (TPSA) is 116 Å². The third-order valence-electron chi connectivity index (χ3n) is 2.54. The number of carboxylic acid groups (broad SMARTS) is 1. The van der Waals surface area contributed by atoms with Gasteiger partial charge in [-0.25, -0.2) is 9.59 Å². The van der Waals surface area contributed by atoms with Gasteiger partial charge in [0.05, 0.1) is 0 Å². The summed E-state index contributed by atoms with van der Waals surface area (Å²) in [5.74, 6) is -2.09. The summed E-state index contributed by atoms with van der Waals surface area (Å²) in [5, 5.41) is 13.3. The monoisotopic (exact) mass is 271 g/mol. The molecular formula is C11H17N3O5. The Morgan fingerprint density at radius 1 is 1.42 bits per heavy atom. The first-order valence-electron chi connectivity index (χ1n) is 5.90. The predicted octanol–water partition coefficient (Wildman–Crippen LogP) is -0.846. The molecule has 0 aromatic carbocycles. The van der Waals surface area contributed by atoms with Crippen LogP contribution in [0.4, 0.5) is 4.79 Å². The van der Waals surface area contributed by atoms with Crippen LogP contribution >= 0.6 is 0 Å². The normalized spacial score (nSPS) is 16.5. The van der Waals surface area contributed by atoms with Crippen LogP contribution in [0.1, 0.15) is 20.3 Å². The number of imide groups is 1. The molecule has 1 heterocycles. The standard InChI is InChI=1S/C11H17N3O5/c1-6(2)3-7(10(17)18)12-8(15)4-14-5-9(16)13-11(14)19/h6-7H,3-5H2,1-2H3,(H,12,15)(H,17,18)(H,13,16,19). The summed E-state index contributed by atoms with van der Waals surface area (Å²) in [4.78, 5) is 45.8. The van der Waals surface area contributed by atoms with Crippen molar-refractivity contribution in [2.45, 2.75) is 26.3 Å². The number of carboxylic acids is 1. The second-order valence-electron chi connectivity index (χ2n) is 4.80. The van der Waals surface area contributed by atoms with Crippen LogP contribution in [0.3, 0.4) is 0 Å². The van der Waals surface area contributed by atoms with E-state index in [1.165, 1.54) is 0 Å². The van der Waals surface area contributed by atoms with Crippen molar-refractivity contribution in [1.29, 1.82) is 0 Å². The zero-order valence-electron chi connectivity index (χ0n) is 10.8. The molecule has 8 heteroatoms. The van der Waals surface area contributed by atoms with E-state index in [0.717, 1.165) is 4.90 Å². The lowest BCUT2D eigenvalue weighted by Crippen LogP contribution is -2.46. The lowest BCUT2D eigenvalue weighted by molar-refractivity contribution is -0.142. The average Bonchev–Trinajstić information content (AvgIpc) is 2.55. The fraction of sp³-hybridized carbons (Fsp3) is 0.636. The zero-order chi connectivity index (χ0) is 14.6. The number of hydrogen-bond donors (Lipinski definition) is 3. The van der Waals surface area contributed by atoms with Gasteiger partial charge in [0.2, 0.25) is 11.8 Å². The number of urea groups is 1. The first-order valence-corrected chi connectivity index (χ1v) is 5.90. The van der Waals surface area contributed by atoms with Gasteiger partial charge in [0.25, 0.3) is 0 Å². The van der Waals surface area contributed by atoms with Gasteiger partial charge in [-0.1, -0.05) is 13.8 Å². The van der Waals surface area contributed by atoms with Crippen molar-refractivity contribution >= 4 is 23.8 Å². The highest BCUT2D eigenvalue weighted by Crippen LogP contribution is 2.05. The van der Waals surface area contributed by atoms with Gasteiger partial charge in [-0.05, 0) is 12.3 Å². The second-order valence-corrected chi connectivity index (χ2v) is 4.80. The second kappa shape index (κ2) is 6.17. The van der Waals surface area contributed by atoms with E-state index in [4.69, 9.17) is 5.11 Å². The van der Waals surface area contributed by atoms with Gasteiger partial charge in [-0.15, -0.1) is 0 Å². The quantitative estimate of drug-likeness (QED) is 0.544. The van der Waals surface area contributed by atoms with Crippen molar-refractivity contribution in [2.75, 3.05) is 13.1 Å². The van der Waals surface area contributed by atoms with Gasteiger partial charge < -0.3 is 15.3 Å². The highest BCUT2D eigenvalue weighted by atomic mass is 16.4. The Hall–Kier alpha value is -2.12. The molecule has 0 bridgehead atoms. The number of hydrogen-bond acceptors (Lipinski definition) is 4. The molecule has 1 unspecified atom stereocenters. The molecule has 1 fully saturated rings. The number of carbonyl (C=O) groups excluding carboxylic acids is 3. The van der Waals surface area contributed by atoms with Crippen molar-refractivity contribution in [3.63, 3.8) is 0 Å². The molecule has 1 saturated heterocycles. The number of aliphatic carboxylic acids is 1. The molecule has 0 spiro atoms. The van der Waals surface area contributed by atoms with Crippen molar-refractivity contribution in [3.8, 4) is 0 Å². The van der Waals surface area contributed by atoms with Crippen molar-refractivity contribution in [3.05, 3.63) is 0 Å². The predicted molar refractivity (Wildman–Crippen MR) is 64.1 cm³/mol. The maximum atomic E-state index is 11.6. The summed E-state index contributed by atoms with van der Waals surface area (Å²) in [6, 6.07) is -1.63. The first kappa shape index (κ1) is 14.9. The molecule has 1 rings (SSSR count). The molecule has 19 heavy (non-hydrogen) atoms. The van der Waals surface area contributed by atoms with E-state index in [9.17, 15) is 19.2 Å². The summed E-state index contributed by atoms with van der Waals surface area (Å²) >= 11 is 0. The van der Waals surface area contributed by atoms with Crippen LogP contribution in [0, 0.1) is 5.92 Å². The number of nitrogens with one attached hydrogen (secondary N) is 2. The van der Waals surface area contributed by atoms with Gasteiger partial charge in [0, 0.05) is 0 Å². The Morgan fingerprint density at radius 3 is 2.47 bits per heavy atom. The van der Waals surface area contributed by atoms with Crippen LogP contribution in [0.15, 0.2) is 0 Å². The van der Waals surface area contributed by atoms with Crippen LogP contribution in [-0.4, -0.2) is 53.0 Å². The van der Waals surface area contributed by atoms with E-state index in [1.807, 2.05) is 19.2 Å². The molecule has 0 aromatic rings. The van der Waals surface area contributed by atoms with E-state index in [0.29, 0.717) is 6.42 Å². The molecule has 1 atom stereocenters. The minimum absolute atomic E-state index is 0.109. The molecule has 0 aromatic heterocycles. The molecule has 0 saturated carbocycles. The maximum absolute atomic E-state index is 11.6. The summed E-state index contributed by atoms with van der Waals surface area (Å²) < 4.78 is 0. The Kier molecular flexibility index (Phi) is 4.85. The third-order valence-corrected chi connectivity index (χ3v) is 2.54. The summed E-state index contributed by atoms with van der Waals surface area (Å²) in [7, 11) is 0. The van der Waals surface area contributed by atoms with Crippen LogP contribution in [0.2, 0.25) is 0 Å². The highest BCUT2D eigenvalue weighted by Gasteiger charge is 2.29. The Balaban J connectivity index is 2.51. The van der Waals surface area contributed by atoms with Crippen LogP contribution in [-0.2, 0) is 14.4 Å². The molecule has 1 aliphatic rings. The Labute approximate surface area is 110 Å². The first-order chi connectivity index (χ1) is 8.79. The number of amides is 4. The molecule has 0 radical (unpaired) electrons. The molecule has 1 aliphatic heterocycles. The molecule has 3 N–H and O–H groups in total. The van der Waals surface area contributed by atoms with Crippen LogP contribution in [0.5, 0.6) is 0 Å². The summed E-state index contributed by atoms with van der Waals surface area (Å²) in [6.07, 6.45) is 0.298. The lowest BCUT2D eigenvalue weighted by atomic mass is 10.0. The van der Waals surface area contributed by atoms with Crippen molar-refractivity contribution in [1.82, 2.24) is 15.5 Å². The lowest BCUT2D eigenvalue weighted by Gasteiger charge is -2.18. The minimum atomic E-state index is -1.12. The molecule has 8 nitrogen and oxygen atoms in total. The third kappa shape index (κ3) is 4.57. The van der Waals surface area contributed by atoms with Crippen LogP contribution < -0.4 is 10.6 Å². The van der Waals surface area contributed by atoms with E-state index >= 15 is 0 Å². The molecule has 106 valence electrons. The van der Waals surface area contributed by atoms with Crippen LogP contribution in [0.25, 0.3) is 0 Å². The van der Waals surface area contributed by atoms with Gasteiger partial charge in [-0.3, -0.25) is 14.9 Å². The number of carbonyl (C=O) groups is 4. The largest absolute Gasteiger partial charge is 0.480 e. The van der Waals surface area contributed by atoms with E-state index in [2.05, 4.69) is 5.32 Å². The fourth-order valence-corrected chi connectivity index (χ4v) is 1.72. The highest BCUT2D eigenvalue weighted by molar-refractivity contribution is 6.03. The summed E-state index contributed by atoms with van der Waals surface area (Å²) in [6.45, 7) is 3.16. The van der Waals surface area contributed by atoms with E-state index < -0.39 is 29.9 Å². The number of nitrogens with zero attached hydrogens (tertiary/aromatic N) is 1. The van der Waals surface area contributed by atoms with Crippen molar-refractivity contribution < 1.29 is 24.3 Å². The minimum Gasteiger partial charge on any atom is -0.480 e. The zero-order valence-corrected chi connectivity index (χ0v) is 10.8. The molecule has 4 amide bonds. The fourth-order valence-electron chi connectivity index (χ4n) is 1.72. The summed E-state index contributed by atoms with van der Waals surface area (Å²) in [5.41, 5.74) is 0. The molecule has 0 aliphatic carbocycles.